The zero-order valence-corrected chi connectivity index (χ0v) is 16.0. The van der Waals surface area contributed by atoms with Crippen LogP contribution in [-0.2, 0) is 20.6 Å². The van der Waals surface area contributed by atoms with Crippen molar-refractivity contribution in [1.82, 2.24) is 10.2 Å². The Hall–Kier alpha value is -1.57. The first-order chi connectivity index (χ1) is 13.4. The van der Waals surface area contributed by atoms with Crippen LogP contribution in [0.25, 0.3) is 0 Å². The fourth-order valence-electron chi connectivity index (χ4n) is 3.95. The smallest absolute Gasteiger partial charge is 0.194 e. The van der Waals surface area contributed by atoms with Crippen molar-refractivity contribution in [2.45, 2.75) is 37.9 Å². The number of hydrogen-bond donors (Lipinski definition) is 1. The van der Waals surface area contributed by atoms with E-state index in [2.05, 4.69) is 10.2 Å². The van der Waals surface area contributed by atoms with Crippen LogP contribution in [0.2, 0.25) is 0 Å². The molecule has 0 amide bonds. The van der Waals surface area contributed by atoms with Gasteiger partial charge >= 0.3 is 0 Å². The van der Waals surface area contributed by atoms with E-state index in [4.69, 9.17) is 23.6 Å². The monoisotopic (exact) mass is 377 g/mol. The Bertz CT molecular complexity index is 580. The van der Waals surface area contributed by atoms with Gasteiger partial charge < -0.3 is 28.8 Å². The van der Waals surface area contributed by atoms with E-state index in [1.165, 1.54) is 0 Å². The van der Waals surface area contributed by atoms with Gasteiger partial charge in [-0.05, 0) is 31.4 Å². The Morgan fingerprint density at radius 2 is 2.15 bits per heavy atom. The molecule has 0 bridgehead atoms. The molecule has 4 rings (SSSR count). The number of nitrogens with one attached hydrogen (secondary N) is 1. The van der Waals surface area contributed by atoms with Gasteiger partial charge in [0, 0.05) is 51.7 Å². The highest BCUT2D eigenvalue weighted by Crippen LogP contribution is 2.21. The molecule has 7 nitrogen and oxygen atoms in total. The largest absolute Gasteiger partial charge is 0.469 e. The Morgan fingerprint density at radius 1 is 1.19 bits per heavy atom. The fraction of sp³-hybridized carbons (Fsp3) is 0.750. The van der Waals surface area contributed by atoms with Crippen molar-refractivity contribution < 1.29 is 18.6 Å². The van der Waals surface area contributed by atoms with E-state index in [1.54, 1.807) is 6.26 Å². The van der Waals surface area contributed by atoms with Gasteiger partial charge in [-0.15, -0.1) is 0 Å². The van der Waals surface area contributed by atoms with Crippen LogP contribution in [0.15, 0.2) is 27.8 Å². The molecule has 7 heteroatoms. The predicted octanol–water partition coefficient (Wildman–Crippen LogP) is 1.68. The molecule has 1 aromatic rings. The van der Waals surface area contributed by atoms with Crippen molar-refractivity contribution in [2.75, 3.05) is 52.6 Å². The summed E-state index contributed by atoms with van der Waals surface area (Å²) in [6.45, 7) is 6.56. The minimum Gasteiger partial charge on any atom is -0.469 e. The second kappa shape index (κ2) is 9.57. The average Bonchev–Trinajstić information content (AvgIpc) is 3.48. The molecule has 1 aromatic heterocycles. The Labute approximate surface area is 161 Å². The molecular formula is C20H31N3O4. The van der Waals surface area contributed by atoms with Crippen LogP contribution in [0, 0.1) is 5.92 Å². The van der Waals surface area contributed by atoms with E-state index in [1.807, 2.05) is 12.1 Å². The first-order valence-electron chi connectivity index (χ1n) is 10.2. The molecule has 150 valence electrons. The van der Waals surface area contributed by atoms with Crippen LogP contribution >= 0.6 is 0 Å². The summed E-state index contributed by atoms with van der Waals surface area (Å²) in [6.07, 6.45) is 6.25. The van der Waals surface area contributed by atoms with Gasteiger partial charge in [-0.1, -0.05) is 0 Å². The maximum atomic E-state index is 6.00. The second-order valence-corrected chi connectivity index (χ2v) is 7.56. The van der Waals surface area contributed by atoms with Crippen LogP contribution in [-0.4, -0.2) is 75.7 Å². The molecule has 3 aliphatic heterocycles. The normalized spacial score (nSPS) is 29.4. The lowest BCUT2D eigenvalue weighted by Gasteiger charge is -2.37. The minimum absolute atomic E-state index is 0.133. The Balaban J connectivity index is 1.36. The third-order valence-electron chi connectivity index (χ3n) is 5.53. The molecule has 27 heavy (non-hydrogen) atoms. The van der Waals surface area contributed by atoms with Gasteiger partial charge in [0.2, 0.25) is 0 Å². The Morgan fingerprint density at radius 3 is 2.93 bits per heavy atom. The number of hydrogen-bond acceptors (Lipinski definition) is 5. The van der Waals surface area contributed by atoms with Crippen LogP contribution in [0.5, 0.6) is 0 Å². The number of guanidine groups is 1. The zero-order chi connectivity index (χ0) is 18.3. The molecule has 3 atom stereocenters. The standard InChI is InChI=1S/C20H31N3O4/c1-3-17(25-9-1)5-7-21-20(22-13-16-6-11-24-15-16)23-8-12-27-19(14-23)18-4-2-10-26-18/h1,3,9,16,18-19H,2,4-8,10-15H2,(H,21,22). The highest BCUT2D eigenvalue weighted by Gasteiger charge is 2.32. The quantitative estimate of drug-likeness (QED) is 0.601. The van der Waals surface area contributed by atoms with Crippen LogP contribution in [0.4, 0.5) is 0 Å². The maximum absolute atomic E-state index is 6.00. The number of ether oxygens (including phenoxy) is 3. The molecule has 0 aliphatic carbocycles. The molecule has 0 aromatic carbocycles. The van der Waals surface area contributed by atoms with E-state index in [-0.39, 0.29) is 12.2 Å². The van der Waals surface area contributed by atoms with Crippen molar-refractivity contribution in [3.05, 3.63) is 24.2 Å². The zero-order valence-electron chi connectivity index (χ0n) is 16.0. The lowest BCUT2D eigenvalue weighted by molar-refractivity contribution is -0.0817. The minimum atomic E-state index is 0.133. The predicted molar refractivity (Wildman–Crippen MR) is 102 cm³/mol. The average molecular weight is 377 g/mol. The topological polar surface area (TPSA) is 68.5 Å². The van der Waals surface area contributed by atoms with Crippen LogP contribution < -0.4 is 5.32 Å². The lowest BCUT2D eigenvalue weighted by Crippen LogP contribution is -2.53. The van der Waals surface area contributed by atoms with E-state index in [0.29, 0.717) is 5.92 Å². The van der Waals surface area contributed by atoms with Crippen LogP contribution in [0.3, 0.4) is 0 Å². The van der Waals surface area contributed by atoms with Gasteiger partial charge in [-0.2, -0.15) is 0 Å². The van der Waals surface area contributed by atoms with Crippen molar-refractivity contribution in [3.63, 3.8) is 0 Å². The van der Waals surface area contributed by atoms with Crippen molar-refractivity contribution in [1.29, 1.82) is 0 Å². The van der Waals surface area contributed by atoms with Crippen molar-refractivity contribution >= 4 is 5.96 Å². The summed E-state index contributed by atoms with van der Waals surface area (Å²) < 4.78 is 22.8. The summed E-state index contributed by atoms with van der Waals surface area (Å²) in [5.41, 5.74) is 0. The van der Waals surface area contributed by atoms with Gasteiger partial charge in [0.1, 0.15) is 11.9 Å². The van der Waals surface area contributed by atoms with Crippen molar-refractivity contribution in [3.8, 4) is 0 Å². The van der Waals surface area contributed by atoms with Gasteiger partial charge in [0.05, 0.1) is 25.6 Å². The summed E-state index contributed by atoms with van der Waals surface area (Å²) in [4.78, 5) is 7.26. The van der Waals surface area contributed by atoms with Crippen LogP contribution in [0.1, 0.15) is 25.0 Å². The summed E-state index contributed by atoms with van der Waals surface area (Å²) >= 11 is 0. The third-order valence-corrected chi connectivity index (χ3v) is 5.53. The molecule has 3 fully saturated rings. The number of morpholine rings is 1. The Kier molecular flexibility index (Phi) is 6.66. The van der Waals surface area contributed by atoms with Crippen molar-refractivity contribution in [2.24, 2.45) is 10.9 Å². The summed E-state index contributed by atoms with van der Waals surface area (Å²) in [5.74, 6) is 2.49. The molecule has 3 saturated heterocycles. The first-order valence-corrected chi connectivity index (χ1v) is 10.2. The number of nitrogens with zero attached hydrogens (tertiary/aromatic N) is 2. The second-order valence-electron chi connectivity index (χ2n) is 7.56. The SMILES string of the molecule is c1coc(CCNC(=NCC2CCOC2)N2CCOC(C3CCCO3)C2)c1. The van der Waals surface area contributed by atoms with Gasteiger partial charge in [-0.25, -0.2) is 0 Å². The van der Waals surface area contributed by atoms with Gasteiger partial charge in [0.25, 0.3) is 0 Å². The summed E-state index contributed by atoms with van der Waals surface area (Å²) in [6, 6.07) is 3.94. The molecular weight excluding hydrogens is 346 g/mol. The highest BCUT2D eigenvalue weighted by molar-refractivity contribution is 5.80. The fourth-order valence-corrected chi connectivity index (χ4v) is 3.95. The summed E-state index contributed by atoms with van der Waals surface area (Å²) in [5, 5.41) is 3.54. The van der Waals surface area contributed by atoms with E-state index >= 15 is 0 Å². The van der Waals surface area contributed by atoms with E-state index in [0.717, 1.165) is 90.0 Å². The molecule has 4 heterocycles. The lowest BCUT2D eigenvalue weighted by atomic mass is 10.1. The number of furan rings is 1. The molecule has 0 spiro atoms. The maximum Gasteiger partial charge on any atom is 0.194 e. The molecule has 3 aliphatic rings. The molecule has 1 N–H and O–H groups in total. The molecule has 3 unspecified atom stereocenters. The number of rotatable bonds is 6. The van der Waals surface area contributed by atoms with Gasteiger partial charge in [0.15, 0.2) is 5.96 Å². The number of aliphatic imine (C=N–C) groups is 1. The first kappa shape index (κ1) is 18.8. The summed E-state index contributed by atoms with van der Waals surface area (Å²) in [7, 11) is 0. The van der Waals surface area contributed by atoms with Gasteiger partial charge in [-0.3, -0.25) is 4.99 Å². The van der Waals surface area contributed by atoms with E-state index in [9.17, 15) is 0 Å². The molecule has 0 saturated carbocycles. The highest BCUT2D eigenvalue weighted by atomic mass is 16.5. The third kappa shape index (κ3) is 5.24. The van der Waals surface area contributed by atoms with E-state index < -0.39 is 0 Å². The molecule has 0 radical (unpaired) electrons.